The maximum absolute atomic E-state index is 12.9. The van der Waals surface area contributed by atoms with Gasteiger partial charge in [-0.15, -0.1) is 0 Å². The lowest BCUT2D eigenvalue weighted by atomic mass is 10.1. The second-order valence-electron chi connectivity index (χ2n) is 5.81. The van der Waals surface area contributed by atoms with E-state index < -0.39 is 6.10 Å². The summed E-state index contributed by atoms with van der Waals surface area (Å²) in [4.78, 5) is 12.3. The van der Waals surface area contributed by atoms with E-state index in [4.69, 9.17) is 4.74 Å². The number of amides is 1. The minimum absolute atomic E-state index is 0.206. The molecule has 0 radical (unpaired) electrons. The molecule has 3 nitrogen and oxygen atoms in total. The van der Waals surface area contributed by atoms with Crippen molar-refractivity contribution in [2.45, 2.75) is 39.8 Å². The van der Waals surface area contributed by atoms with Gasteiger partial charge in [0.15, 0.2) is 6.10 Å². The highest BCUT2D eigenvalue weighted by Gasteiger charge is 2.18. The fourth-order valence-electron chi connectivity index (χ4n) is 2.24. The Balaban J connectivity index is 1.99. The fourth-order valence-corrected chi connectivity index (χ4v) is 2.24. The normalized spacial score (nSPS) is 13.3. The number of carbonyl (C=O) groups is 1. The Hall–Kier alpha value is -2.36. The third-order valence-corrected chi connectivity index (χ3v) is 3.75. The molecule has 0 bridgehead atoms. The Morgan fingerprint density at radius 2 is 1.74 bits per heavy atom. The molecule has 2 rings (SSSR count). The minimum atomic E-state index is -0.613. The zero-order chi connectivity index (χ0) is 17.0. The summed E-state index contributed by atoms with van der Waals surface area (Å²) < 4.78 is 18.7. The molecule has 4 heteroatoms. The molecule has 0 fully saturated rings. The zero-order valence-corrected chi connectivity index (χ0v) is 13.9. The Labute approximate surface area is 136 Å². The van der Waals surface area contributed by atoms with E-state index >= 15 is 0 Å². The van der Waals surface area contributed by atoms with Crippen LogP contribution in [0.5, 0.6) is 5.75 Å². The van der Waals surface area contributed by atoms with E-state index in [0.29, 0.717) is 5.75 Å². The first-order valence-corrected chi connectivity index (χ1v) is 7.66. The van der Waals surface area contributed by atoms with Crippen molar-refractivity contribution in [3.05, 3.63) is 65.0 Å². The zero-order valence-electron chi connectivity index (χ0n) is 13.9. The van der Waals surface area contributed by atoms with E-state index in [2.05, 4.69) is 5.32 Å². The van der Waals surface area contributed by atoms with Gasteiger partial charge in [-0.1, -0.05) is 24.3 Å². The molecule has 0 spiro atoms. The molecule has 0 aliphatic rings. The van der Waals surface area contributed by atoms with Crippen molar-refractivity contribution in [3.63, 3.8) is 0 Å². The number of benzene rings is 2. The van der Waals surface area contributed by atoms with Crippen molar-refractivity contribution in [1.82, 2.24) is 5.32 Å². The van der Waals surface area contributed by atoms with Crippen molar-refractivity contribution >= 4 is 5.91 Å². The van der Waals surface area contributed by atoms with Crippen LogP contribution in [0.4, 0.5) is 4.39 Å². The number of hydrogen-bond acceptors (Lipinski definition) is 2. The molecule has 2 aromatic rings. The molecule has 0 saturated carbocycles. The number of aryl methyl sites for hydroxylation is 2. The summed E-state index contributed by atoms with van der Waals surface area (Å²) in [5.41, 5.74) is 2.92. The molecule has 0 aliphatic carbocycles. The van der Waals surface area contributed by atoms with Crippen LogP contribution in [-0.2, 0) is 4.79 Å². The third-order valence-electron chi connectivity index (χ3n) is 3.75. The summed E-state index contributed by atoms with van der Waals surface area (Å²) in [6.07, 6.45) is -0.613. The van der Waals surface area contributed by atoms with Gasteiger partial charge in [-0.25, -0.2) is 4.39 Å². The van der Waals surface area contributed by atoms with Crippen molar-refractivity contribution in [2.24, 2.45) is 0 Å². The van der Waals surface area contributed by atoms with Crippen molar-refractivity contribution in [1.29, 1.82) is 0 Å². The van der Waals surface area contributed by atoms with Gasteiger partial charge in [-0.2, -0.15) is 0 Å². The van der Waals surface area contributed by atoms with Crippen LogP contribution >= 0.6 is 0 Å². The molecule has 0 saturated heterocycles. The van der Waals surface area contributed by atoms with Gasteiger partial charge in [0.05, 0.1) is 6.04 Å². The van der Waals surface area contributed by atoms with Gasteiger partial charge in [-0.05, 0) is 62.6 Å². The number of rotatable bonds is 5. The molecular formula is C19H22FNO2. The van der Waals surface area contributed by atoms with Crippen LogP contribution in [0.25, 0.3) is 0 Å². The maximum Gasteiger partial charge on any atom is 0.261 e. The van der Waals surface area contributed by atoms with Crippen LogP contribution in [0.2, 0.25) is 0 Å². The molecule has 0 unspecified atom stereocenters. The van der Waals surface area contributed by atoms with Gasteiger partial charge < -0.3 is 10.1 Å². The first kappa shape index (κ1) is 17.0. The van der Waals surface area contributed by atoms with Crippen molar-refractivity contribution in [3.8, 4) is 5.75 Å². The highest BCUT2D eigenvalue weighted by Crippen LogP contribution is 2.21. The monoisotopic (exact) mass is 315 g/mol. The predicted octanol–water partition coefficient (Wildman–Crippen LogP) is 4.09. The number of hydrogen-bond donors (Lipinski definition) is 1. The van der Waals surface area contributed by atoms with Crippen LogP contribution < -0.4 is 10.1 Å². The summed E-state index contributed by atoms with van der Waals surface area (Å²) >= 11 is 0. The largest absolute Gasteiger partial charge is 0.481 e. The molecule has 23 heavy (non-hydrogen) atoms. The lowest BCUT2D eigenvalue weighted by Crippen LogP contribution is -2.37. The number of carbonyl (C=O) groups excluding carboxylic acids is 1. The summed E-state index contributed by atoms with van der Waals surface area (Å²) in [6, 6.07) is 11.8. The molecule has 2 atom stereocenters. The molecule has 1 N–H and O–H groups in total. The lowest BCUT2D eigenvalue weighted by molar-refractivity contribution is -0.127. The summed E-state index contributed by atoms with van der Waals surface area (Å²) in [7, 11) is 0. The molecule has 0 aromatic heterocycles. The lowest BCUT2D eigenvalue weighted by Gasteiger charge is -2.20. The summed E-state index contributed by atoms with van der Waals surface area (Å²) in [6.45, 7) is 7.50. The van der Waals surface area contributed by atoms with Gasteiger partial charge in [0.25, 0.3) is 5.91 Å². The maximum atomic E-state index is 12.9. The molecule has 1 amide bonds. The van der Waals surface area contributed by atoms with Crippen LogP contribution in [0, 0.1) is 19.7 Å². The van der Waals surface area contributed by atoms with E-state index in [-0.39, 0.29) is 17.8 Å². The summed E-state index contributed by atoms with van der Waals surface area (Å²) in [5, 5.41) is 2.88. The summed E-state index contributed by atoms with van der Waals surface area (Å²) in [5.74, 6) is 0.212. The highest BCUT2D eigenvalue weighted by atomic mass is 19.1. The van der Waals surface area contributed by atoms with Crippen LogP contribution in [0.15, 0.2) is 42.5 Å². The quantitative estimate of drug-likeness (QED) is 0.902. The first-order valence-electron chi connectivity index (χ1n) is 7.66. The van der Waals surface area contributed by atoms with Crippen LogP contribution in [0.1, 0.15) is 36.6 Å². The second-order valence-corrected chi connectivity index (χ2v) is 5.81. The second kappa shape index (κ2) is 7.27. The average molecular weight is 315 g/mol. The van der Waals surface area contributed by atoms with Gasteiger partial charge in [0.2, 0.25) is 0 Å². The van der Waals surface area contributed by atoms with E-state index in [1.807, 2.05) is 39.0 Å². The SMILES string of the molecule is Cc1ccc(C)c(O[C@@H](C)C(=O)N[C@@H](C)c2ccc(F)cc2)c1. The number of nitrogens with one attached hydrogen (secondary N) is 1. The van der Waals surface area contributed by atoms with E-state index in [0.717, 1.165) is 16.7 Å². The van der Waals surface area contributed by atoms with Crippen molar-refractivity contribution < 1.29 is 13.9 Å². The highest BCUT2D eigenvalue weighted by molar-refractivity contribution is 5.81. The Morgan fingerprint density at radius 1 is 1.09 bits per heavy atom. The fraction of sp³-hybridized carbons (Fsp3) is 0.316. The number of halogens is 1. The van der Waals surface area contributed by atoms with E-state index in [9.17, 15) is 9.18 Å². The minimum Gasteiger partial charge on any atom is -0.481 e. The van der Waals surface area contributed by atoms with E-state index in [1.54, 1.807) is 19.1 Å². The average Bonchev–Trinajstić information content (AvgIpc) is 2.51. The predicted molar refractivity (Wildman–Crippen MR) is 89.0 cm³/mol. The van der Waals surface area contributed by atoms with Crippen molar-refractivity contribution in [2.75, 3.05) is 0 Å². The standard InChI is InChI=1S/C19H22FNO2/c1-12-5-6-13(2)18(11-12)23-15(4)19(22)21-14(3)16-7-9-17(20)10-8-16/h5-11,14-15H,1-4H3,(H,21,22)/t14-,15-/m0/s1. The first-order chi connectivity index (χ1) is 10.9. The Morgan fingerprint density at radius 3 is 2.39 bits per heavy atom. The van der Waals surface area contributed by atoms with Gasteiger partial charge in [-0.3, -0.25) is 4.79 Å². The number of ether oxygens (including phenoxy) is 1. The van der Waals surface area contributed by atoms with E-state index in [1.165, 1.54) is 12.1 Å². The Kier molecular flexibility index (Phi) is 5.37. The molecule has 0 aliphatic heterocycles. The molecular weight excluding hydrogens is 293 g/mol. The van der Waals surface area contributed by atoms with Gasteiger partial charge in [0.1, 0.15) is 11.6 Å². The van der Waals surface area contributed by atoms with Gasteiger partial charge in [0, 0.05) is 0 Å². The Bertz CT molecular complexity index is 682. The van der Waals surface area contributed by atoms with Gasteiger partial charge >= 0.3 is 0 Å². The molecule has 2 aromatic carbocycles. The van der Waals surface area contributed by atoms with Crippen LogP contribution in [-0.4, -0.2) is 12.0 Å². The van der Waals surface area contributed by atoms with Crippen LogP contribution in [0.3, 0.4) is 0 Å². The topological polar surface area (TPSA) is 38.3 Å². The smallest absolute Gasteiger partial charge is 0.261 e. The third kappa shape index (κ3) is 4.55. The molecule has 122 valence electrons. The molecule has 0 heterocycles.